The minimum absolute atomic E-state index is 0.902. The maximum atomic E-state index is 4.11. The average Bonchev–Trinajstić information content (AvgIpc) is 2.14. The Bertz CT molecular complexity index is 263. The molecule has 13 heavy (non-hydrogen) atoms. The van der Waals surface area contributed by atoms with Crippen molar-refractivity contribution in [3.8, 4) is 0 Å². The summed E-state index contributed by atoms with van der Waals surface area (Å²) >= 11 is 3.37. The molecule has 0 radical (unpaired) electrons. The van der Waals surface area contributed by atoms with Crippen LogP contribution in [0.15, 0.2) is 22.9 Å². The summed E-state index contributed by atoms with van der Waals surface area (Å²) in [5.74, 6) is 0. The summed E-state index contributed by atoms with van der Waals surface area (Å²) in [6.45, 7) is 6.51. The van der Waals surface area contributed by atoms with E-state index in [-0.39, 0.29) is 0 Å². The van der Waals surface area contributed by atoms with Gasteiger partial charge in [0.25, 0.3) is 0 Å². The zero-order chi connectivity index (χ0) is 9.68. The quantitative estimate of drug-likeness (QED) is 0.755. The number of hydrogen-bond donors (Lipinski definition) is 0. The van der Waals surface area contributed by atoms with E-state index in [9.17, 15) is 0 Å². The van der Waals surface area contributed by atoms with Crippen LogP contribution in [0.25, 0.3) is 0 Å². The van der Waals surface area contributed by atoms with Crippen molar-refractivity contribution < 1.29 is 0 Å². The zero-order valence-electron chi connectivity index (χ0n) is 8.13. The summed E-state index contributed by atoms with van der Waals surface area (Å²) in [7, 11) is 0. The highest BCUT2D eigenvalue weighted by Gasteiger charge is 2.02. The monoisotopic (exact) mass is 242 g/mol. The van der Waals surface area contributed by atoms with Crippen molar-refractivity contribution in [3.63, 3.8) is 0 Å². The third-order valence-electron chi connectivity index (χ3n) is 1.95. The Morgan fingerprint density at radius 1 is 1.46 bits per heavy atom. The zero-order valence-corrected chi connectivity index (χ0v) is 9.71. The molecule has 1 aromatic heterocycles. The number of nitrogens with zero attached hydrogens (tertiary/aromatic N) is 2. The molecule has 0 N–H and O–H groups in total. The highest BCUT2D eigenvalue weighted by atomic mass is 79.9. The largest absolute Gasteiger partial charge is 0.372 e. The topological polar surface area (TPSA) is 16.1 Å². The number of rotatable bonds is 4. The van der Waals surface area contributed by atoms with E-state index in [1.807, 2.05) is 12.3 Å². The Balaban J connectivity index is 2.78. The molecule has 0 amide bonds. The lowest BCUT2D eigenvalue weighted by Gasteiger charge is -2.22. The van der Waals surface area contributed by atoms with Gasteiger partial charge in [-0.25, -0.2) is 4.98 Å². The van der Waals surface area contributed by atoms with Crippen LogP contribution in [0.5, 0.6) is 0 Å². The lowest BCUT2D eigenvalue weighted by molar-refractivity contribution is 0.790. The van der Waals surface area contributed by atoms with Crippen LogP contribution in [-0.4, -0.2) is 18.1 Å². The maximum Gasteiger partial charge on any atom is 0.108 e. The van der Waals surface area contributed by atoms with Crippen LogP contribution in [0.1, 0.15) is 20.3 Å². The van der Waals surface area contributed by atoms with Crippen LogP contribution in [0, 0.1) is 0 Å². The molecule has 1 rings (SSSR count). The van der Waals surface area contributed by atoms with Gasteiger partial charge in [0.1, 0.15) is 4.60 Å². The second kappa shape index (κ2) is 5.22. The number of hydrogen-bond acceptors (Lipinski definition) is 2. The van der Waals surface area contributed by atoms with Crippen molar-refractivity contribution in [2.75, 3.05) is 18.0 Å². The molecular weight excluding hydrogens is 228 g/mol. The molecule has 72 valence electrons. The van der Waals surface area contributed by atoms with Crippen molar-refractivity contribution in [1.29, 1.82) is 0 Å². The highest BCUT2D eigenvalue weighted by Crippen LogP contribution is 2.17. The fourth-order valence-corrected chi connectivity index (χ4v) is 1.68. The van der Waals surface area contributed by atoms with Gasteiger partial charge in [-0.3, -0.25) is 0 Å². The molecular formula is C10H15BrN2. The van der Waals surface area contributed by atoms with Crippen LogP contribution in [0.2, 0.25) is 0 Å². The van der Waals surface area contributed by atoms with E-state index >= 15 is 0 Å². The van der Waals surface area contributed by atoms with Gasteiger partial charge < -0.3 is 4.90 Å². The Morgan fingerprint density at radius 2 is 2.23 bits per heavy atom. The number of pyridine rings is 1. The first kappa shape index (κ1) is 10.5. The van der Waals surface area contributed by atoms with Gasteiger partial charge >= 0.3 is 0 Å². The fourth-order valence-electron chi connectivity index (χ4n) is 1.33. The van der Waals surface area contributed by atoms with E-state index in [0.717, 1.165) is 17.7 Å². The smallest absolute Gasteiger partial charge is 0.108 e. The Labute approximate surface area is 88.1 Å². The van der Waals surface area contributed by atoms with Gasteiger partial charge in [-0.1, -0.05) is 6.92 Å². The van der Waals surface area contributed by atoms with Crippen molar-refractivity contribution in [3.05, 3.63) is 22.9 Å². The second-order valence-electron chi connectivity index (χ2n) is 2.92. The number of halogens is 1. The van der Waals surface area contributed by atoms with Gasteiger partial charge in [-0.2, -0.15) is 0 Å². The third-order valence-corrected chi connectivity index (χ3v) is 2.38. The summed E-state index contributed by atoms with van der Waals surface area (Å²) in [6, 6.07) is 4.10. The Kier molecular flexibility index (Phi) is 4.22. The minimum Gasteiger partial charge on any atom is -0.372 e. The van der Waals surface area contributed by atoms with Crippen LogP contribution in [-0.2, 0) is 0 Å². The van der Waals surface area contributed by atoms with Gasteiger partial charge in [0, 0.05) is 25.0 Å². The summed E-state index contributed by atoms with van der Waals surface area (Å²) < 4.78 is 0.902. The molecule has 0 saturated heterocycles. The van der Waals surface area contributed by atoms with Crippen molar-refractivity contribution in [2.45, 2.75) is 20.3 Å². The third kappa shape index (κ3) is 2.99. The molecule has 0 aromatic carbocycles. The van der Waals surface area contributed by atoms with E-state index in [1.165, 1.54) is 12.1 Å². The molecule has 0 aliphatic carbocycles. The molecule has 2 nitrogen and oxygen atoms in total. The van der Waals surface area contributed by atoms with Crippen molar-refractivity contribution in [1.82, 2.24) is 4.98 Å². The van der Waals surface area contributed by atoms with E-state index < -0.39 is 0 Å². The maximum absolute atomic E-state index is 4.11. The molecule has 3 heteroatoms. The molecule has 0 unspecified atom stereocenters. The highest BCUT2D eigenvalue weighted by molar-refractivity contribution is 9.10. The van der Waals surface area contributed by atoms with E-state index in [1.54, 1.807) is 0 Å². The first-order valence-corrected chi connectivity index (χ1v) is 5.43. The standard InChI is InChI=1S/C10H15BrN2/c1-3-7-13(4-2)9-5-6-12-10(11)8-9/h5-6,8H,3-4,7H2,1-2H3. The molecule has 0 spiro atoms. The van der Waals surface area contributed by atoms with E-state index in [2.05, 4.69) is 45.7 Å². The van der Waals surface area contributed by atoms with E-state index in [4.69, 9.17) is 0 Å². The predicted molar refractivity (Wildman–Crippen MR) is 60.1 cm³/mol. The van der Waals surface area contributed by atoms with Crippen molar-refractivity contribution in [2.24, 2.45) is 0 Å². The Morgan fingerprint density at radius 3 is 2.77 bits per heavy atom. The molecule has 1 aromatic rings. The van der Waals surface area contributed by atoms with Gasteiger partial charge in [-0.05, 0) is 41.4 Å². The van der Waals surface area contributed by atoms with Crippen LogP contribution in [0.4, 0.5) is 5.69 Å². The molecule has 1 heterocycles. The van der Waals surface area contributed by atoms with Crippen LogP contribution < -0.4 is 4.90 Å². The lowest BCUT2D eigenvalue weighted by atomic mass is 10.3. The van der Waals surface area contributed by atoms with Gasteiger partial charge in [-0.15, -0.1) is 0 Å². The summed E-state index contributed by atoms with van der Waals surface area (Å²) in [6.07, 6.45) is 3.01. The second-order valence-corrected chi connectivity index (χ2v) is 3.73. The minimum atomic E-state index is 0.902. The number of aromatic nitrogens is 1. The molecule has 0 aliphatic heterocycles. The molecule has 0 saturated carbocycles. The molecule has 0 aliphatic rings. The normalized spacial score (nSPS) is 10.1. The van der Waals surface area contributed by atoms with Gasteiger partial charge in [0.05, 0.1) is 0 Å². The first-order chi connectivity index (χ1) is 6.27. The van der Waals surface area contributed by atoms with Gasteiger partial charge in [0.2, 0.25) is 0 Å². The fraction of sp³-hybridized carbons (Fsp3) is 0.500. The SMILES string of the molecule is CCCN(CC)c1ccnc(Br)c1. The molecule has 0 atom stereocenters. The van der Waals surface area contributed by atoms with Gasteiger partial charge in [0.15, 0.2) is 0 Å². The van der Waals surface area contributed by atoms with E-state index in [0.29, 0.717) is 0 Å². The Hall–Kier alpha value is -0.570. The average molecular weight is 243 g/mol. The van der Waals surface area contributed by atoms with Crippen LogP contribution >= 0.6 is 15.9 Å². The number of anilines is 1. The molecule has 0 fully saturated rings. The predicted octanol–water partition coefficient (Wildman–Crippen LogP) is 3.08. The van der Waals surface area contributed by atoms with Crippen molar-refractivity contribution >= 4 is 21.6 Å². The summed E-state index contributed by atoms with van der Waals surface area (Å²) in [5.41, 5.74) is 1.24. The molecule has 0 bridgehead atoms. The lowest BCUT2D eigenvalue weighted by Crippen LogP contribution is -2.23. The first-order valence-electron chi connectivity index (χ1n) is 4.64. The summed E-state index contributed by atoms with van der Waals surface area (Å²) in [5, 5.41) is 0. The van der Waals surface area contributed by atoms with Crippen LogP contribution in [0.3, 0.4) is 0 Å². The summed E-state index contributed by atoms with van der Waals surface area (Å²) in [4.78, 5) is 6.45.